The number of carbonyl (C=O) groups is 4. The number of anilines is 1. The van der Waals surface area contributed by atoms with Crippen LogP contribution in [0.5, 0.6) is 5.75 Å². The molecule has 51 heavy (non-hydrogen) atoms. The van der Waals surface area contributed by atoms with E-state index in [4.69, 9.17) is 21.1 Å². The summed E-state index contributed by atoms with van der Waals surface area (Å²) in [5.74, 6) is -2.57. The molecule has 0 saturated carbocycles. The first-order chi connectivity index (χ1) is 24.6. The molecule has 1 N–H and O–H groups in total. The number of Topliss-reactive ketones (excluding diaryl/α,β-unsaturated/α-hetero) is 1. The molecule has 0 radical (unpaired) electrons. The van der Waals surface area contributed by atoms with Gasteiger partial charge in [0.05, 0.1) is 24.0 Å². The van der Waals surface area contributed by atoms with Gasteiger partial charge in [0.2, 0.25) is 15.1 Å². The normalized spacial score (nSPS) is 12.8. The van der Waals surface area contributed by atoms with Crippen molar-refractivity contribution in [3.8, 4) is 11.4 Å². The number of carboxylic acid groups (broad SMARTS) is 1. The van der Waals surface area contributed by atoms with E-state index in [0.717, 1.165) is 49.8 Å². The number of carboxylic acids is 1. The summed E-state index contributed by atoms with van der Waals surface area (Å²) in [6.45, 7) is 4.20. The molecule has 12 nitrogen and oxygen atoms in total. The summed E-state index contributed by atoms with van der Waals surface area (Å²) in [5, 5.41) is 21.0. The number of imide groups is 1. The third kappa shape index (κ3) is 10.2. The van der Waals surface area contributed by atoms with Gasteiger partial charge in [-0.05, 0) is 102 Å². The average Bonchev–Trinajstić information content (AvgIpc) is 3.61. The summed E-state index contributed by atoms with van der Waals surface area (Å²) in [5.41, 5.74) is 0.591. The highest BCUT2D eigenvalue weighted by atomic mass is 35.5. The number of tetrazole rings is 1. The Morgan fingerprint density at radius 1 is 0.863 bits per heavy atom. The fourth-order valence-corrected chi connectivity index (χ4v) is 6.63. The number of alkyl halides is 1. The third-order valence-corrected chi connectivity index (χ3v) is 9.77. The first-order valence-corrected chi connectivity index (χ1v) is 18.1. The van der Waals surface area contributed by atoms with E-state index < -0.39 is 34.1 Å². The second-order valence-corrected chi connectivity index (χ2v) is 13.8. The molecule has 0 aliphatic carbocycles. The highest BCUT2D eigenvalue weighted by molar-refractivity contribution is 8.03. The van der Waals surface area contributed by atoms with Crippen molar-refractivity contribution < 1.29 is 33.8 Å². The molecule has 0 fully saturated rings. The number of ether oxygens (including phenoxy) is 2. The monoisotopic (exact) mass is 735 g/mol. The Morgan fingerprint density at radius 2 is 1.49 bits per heavy atom. The van der Waals surface area contributed by atoms with Gasteiger partial charge in [-0.2, -0.15) is 4.68 Å². The third-order valence-electron chi connectivity index (χ3n) is 8.13. The number of para-hydroxylation sites is 1. The predicted molar refractivity (Wildman–Crippen MR) is 195 cm³/mol. The zero-order valence-electron chi connectivity index (χ0n) is 28.9. The van der Waals surface area contributed by atoms with Gasteiger partial charge < -0.3 is 14.6 Å². The Balaban J connectivity index is 1.76. The molecule has 4 rings (SSSR count). The number of methoxy groups -OCH3 is 1. The number of benzene rings is 3. The smallest absolute Gasteiger partial charge is 0.421 e. The number of nitrogens with zero attached hydrogens (tertiary/aromatic N) is 5. The highest BCUT2D eigenvalue weighted by Gasteiger charge is 2.52. The minimum atomic E-state index is -2.53. The number of rotatable bonds is 19. The fraction of sp³-hybridized carbons (Fsp3) is 0.378. The van der Waals surface area contributed by atoms with Crippen molar-refractivity contribution in [1.29, 1.82) is 0 Å². The zero-order valence-corrected chi connectivity index (χ0v) is 30.4. The molecule has 0 saturated heterocycles. The van der Waals surface area contributed by atoms with Gasteiger partial charge in [-0.1, -0.05) is 82.2 Å². The number of unbranched alkanes of at least 4 members (excludes halogenated alkanes) is 5. The minimum absolute atomic E-state index is 0.0350. The van der Waals surface area contributed by atoms with Crippen LogP contribution in [-0.2, 0) is 9.53 Å². The van der Waals surface area contributed by atoms with Crippen molar-refractivity contribution in [1.82, 2.24) is 20.2 Å². The summed E-state index contributed by atoms with van der Waals surface area (Å²) >= 11 is 7.75. The van der Waals surface area contributed by atoms with Crippen molar-refractivity contribution >= 4 is 52.8 Å². The van der Waals surface area contributed by atoms with Crippen LogP contribution < -0.4 is 9.64 Å². The fourth-order valence-electron chi connectivity index (χ4n) is 5.28. The quantitative estimate of drug-likeness (QED) is 0.0325. The van der Waals surface area contributed by atoms with Crippen LogP contribution >= 0.6 is 23.4 Å². The molecule has 270 valence electrons. The van der Waals surface area contributed by atoms with Gasteiger partial charge in [0.15, 0.2) is 0 Å². The van der Waals surface area contributed by atoms with Crippen LogP contribution in [0.4, 0.5) is 10.5 Å². The second kappa shape index (κ2) is 19.0. The standard InChI is InChI=1S/C37H42ClN5O7S/c1-4-6-8-9-13-17-31(16-7-5-2)50-36(48)42(28-14-11-10-12-15-28)34(47)37(38,32(44)26-20-24-30(49-3)25-21-26)51-35-39-40-41-43(35)29-22-18-27(19-23-29)33(45)46/h10-12,14-15,18-25,31H,4-9,13,16-17H2,1-3H3,(H,45,46). The van der Waals surface area contributed by atoms with Crippen LogP contribution in [0.2, 0.25) is 0 Å². The van der Waals surface area contributed by atoms with E-state index in [1.165, 1.54) is 48.2 Å². The molecule has 2 amide bonds. The topological polar surface area (TPSA) is 154 Å². The summed E-state index contributed by atoms with van der Waals surface area (Å²) in [6, 6.07) is 19.8. The lowest BCUT2D eigenvalue weighted by molar-refractivity contribution is -0.117. The number of halogens is 1. The Morgan fingerprint density at radius 3 is 2.12 bits per heavy atom. The largest absolute Gasteiger partial charge is 0.497 e. The summed E-state index contributed by atoms with van der Waals surface area (Å²) in [4.78, 5) is 55.6. The maximum atomic E-state index is 14.9. The zero-order chi connectivity index (χ0) is 36.8. The van der Waals surface area contributed by atoms with E-state index in [2.05, 4.69) is 29.4 Å². The number of aromatic carboxylic acids is 1. The molecule has 0 aliphatic heterocycles. The van der Waals surface area contributed by atoms with E-state index in [9.17, 15) is 24.3 Å². The number of carbonyl (C=O) groups excluding carboxylic acids is 3. The molecule has 14 heteroatoms. The van der Waals surface area contributed by atoms with Crippen molar-refractivity contribution in [2.45, 2.75) is 87.1 Å². The number of thioether (sulfide) groups is 1. The molecular formula is C37H42ClN5O7S. The van der Waals surface area contributed by atoms with Crippen molar-refractivity contribution in [3.63, 3.8) is 0 Å². The molecule has 2 unspecified atom stereocenters. The van der Waals surface area contributed by atoms with Gasteiger partial charge in [-0.15, -0.1) is 5.10 Å². The molecule has 1 heterocycles. The van der Waals surface area contributed by atoms with Gasteiger partial charge in [-0.3, -0.25) is 9.59 Å². The van der Waals surface area contributed by atoms with E-state index in [1.807, 2.05) is 0 Å². The minimum Gasteiger partial charge on any atom is -0.497 e. The Kier molecular flexibility index (Phi) is 14.6. The number of ketones is 1. The molecule has 2 atom stereocenters. The summed E-state index contributed by atoms with van der Waals surface area (Å²) in [7, 11) is 1.48. The Bertz CT molecular complexity index is 1760. The van der Waals surface area contributed by atoms with Crippen LogP contribution in [0.15, 0.2) is 84.0 Å². The SMILES string of the molecule is CCCCCCCC(CCCC)OC(=O)N(C(=O)C(Cl)(Sc1nnnn1-c1ccc(C(=O)O)cc1)C(=O)c1ccc(OC)cc1)c1ccccc1. The summed E-state index contributed by atoms with van der Waals surface area (Å²) < 4.78 is 9.97. The molecule has 4 aromatic rings. The molecular weight excluding hydrogens is 694 g/mol. The molecule has 3 aromatic carbocycles. The number of amides is 2. The van der Waals surface area contributed by atoms with Gasteiger partial charge in [0, 0.05) is 5.56 Å². The number of hydrogen-bond acceptors (Lipinski definition) is 10. The average molecular weight is 736 g/mol. The Labute approximate surface area is 306 Å². The second-order valence-electron chi connectivity index (χ2n) is 11.8. The number of aromatic nitrogens is 4. The molecule has 0 bridgehead atoms. The first kappa shape index (κ1) is 39.0. The maximum Gasteiger partial charge on any atom is 0.421 e. The lowest BCUT2D eigenvalue weighted by Gasteiger charge is -2.30. The van der Waals surface area contributed by atoms with Crippen LogP contribution in [0.1, 0.15) is 92.4 Å². The van der Waals surface area contributed by atoms with Gasteiger partial charge in [-0.25, -0.2) is 14.5 Å². The van der Waals surface area contributed by atoms with Crippen molar-refractivity contribution in [3.05, 3.63) is 90.0 Å². The van der Waals surface area contributed by atoms with E-state index in [1.54, 1.807) is 42.5 Å². The molecule has 0 aliphatic rings. The van der Waals surface area contributed by atoms with Crippen molar-refractivity contribution in [2.24, 2.45) is 0 Å². The molecule has 1 aromatic heterocycles. The van der Waals surface area contributed by atoms with E-state index >= 15 is 0 Å². The Hall–Kier alpha value is -4.75. The van der Waals surface area contributed by atoms with Gasteiger partial charge in [0.25, 0.3) is 5.91 Å². The highest BCUT2D eigenvalue weighted by Crippen LogP contribution is 2.42. The van der Waals surface area contributed by atoms with Crippen LogP contribution in [0.25, 0.3) is 5.69 Å². The van der Waals surface area contributed by atoms with Crippen LogP contribution in [-0.4, -0.2) is 66.5 Å². The van der Waals surface area contributed by atoms with E-state index in [0.29, 0.717) is 36.0 Å². The maximum absolute atomic E-state index is 14.9. The first-order valence-electron chi connectivity index (χ1n) is 16.9. The lowest BCUT2D eigenvalue weighted by Crippen LogP contribution is -2.52. The van der Waals surface area contributed by atoms with Crippen LogP contribution in [0, 0.1) is 0 Å². The number of hydrogen-bond donors (Lipinski definition) is 1. The van der Waals surface area contributed by atoms with Crippen molar-refractivity contribution in [2.75, 3.05) is 12.0 Å². The van der Waals surface area contributed by atoms with E-state index in [-0.39, 0.29) is 22.0 Å². The molecule has 0 spiro atoms. The summed E-state index contributed by atoms with van der Waals surface area (Å²) in [6.07, 6.45) is 6.76. The van der Waals surface area contributed by atoms with Gasteiger partial charge in [0.1, 0.15) is 11.9 Å². The predicted octanol–water partition coefficient (Wildman–Crippen LogP) is 8.37. The van der Waals surface area contributed by atoms with Gasteiger partial charge >= 0.3 is 12.1 Å². The lowest BCUT2D eigenvalue weighted by atomic mass is 10.0. The van der Waals surface area contributed by atoms with Crippen LogP contribution in [0.3, 0.4) is 0 Å².